The van der Waals surface area contributed by atoms with Gasteiger partial charge in [-0.2, -0.15) is 13.2 Å². The number of ether oxygens (including phenoxy) is 1. The van der Waals surface area contributed by atoms with Gasteiger partial charge in [-0.25, -0.2) is 0 Å². The van der Waals surface area contributed by atoms with Crippen molar-refractivity contribution in [3.8, 4) is 5.75 Å². The molecule has 0 aromatic heterocycles. The van der Waals surface area contributed by atoms with Crippen molar-refractivity contribution in [2.75, 3.05) is 11.9 Å². The Balaban J connectivity index is 1.46. The highest BCUT2D eigenvalue weighted by atomic mass is 19.4. The summed E-state index contributed by atoms with van der Waals surface area (Å²) in [4.78, 5) is 24.4. The molecule has 8 heteroatoms. The molecular weight excluding hydrogens is 397 g/mol. The molecule has 2 amide bonds. The summed E-state index contributed by atoms with van der Waals surface area (Å²) in [5, 5.41) is 5.55. The van der Waals surface area contributed by atoms with Crippen molar-refractivity contribution in [2.45, 2.75) is 38.4 Å². The van der Waals surface area contributed by atoms with E-state index in [2.05, 4.69) is 10.6 Å². The zero-order valence-corrected chi connectivity index (χ0v) is 16.5. The second-order valence-electron chi connectivity index (χ2n) is 7.36. The smallest absolute Gasteiger partial charge is 0.419 e. The molecule has 1 aliphatic rings. The lowest BCUT2D eigenvalue weighted by Gasteiger charge is -2.24. The molecule has 0 aliphatic carbocycles. The summed E-state index contributed by atoms with van der Waals surface area (Å²) >= 11 is 0. The van der Waals surface area contributed by atoms with Crippen LogP contribution in [0.4, 0.5) is 18.9 Å². The van der Waals surface area contributed by atoms with Crippen LogP contribution in [0.2, 0.25) is 0 Å². The van der Waals surface area contributed by atoms with Crippen molar-refractivity contribution in [1.29, 1.82) is 0 Å². The van der Waals surface area contributed by atoms with Gasteiger partial charge in [-0.05, 0) is 43.5 Å². The van der Waals surface area contributed by atoms with Crippen molar-refractivity contribution in [1.82, 2.24) is 5.32 Å². The maximum atomic E-state index is 13.0. The molecule has 0 radical (unpaired) electrons. The number of benzene rings is 2. The highest BCUT2D eigenvalue weighted by Crippen LogP contribution is 2.35. The maximum Gasteiger partial charge on any atom is 0.419 e. The fourth-order valence-corrected chi connectivity index (χ4v) is 3.38. The van der Waals surface area contributed by atoms with E-state index in [1.165, 1.54) is 18.2 Å². The molecule has 0 saturated heterocycles. The van der Waals surface area contributed by atoms with Gasteiger partial charge >= 0.3 is 6.18 Å². The van der Waals surface area contributed by atoms with E-state index in [4.69, 9.17) is 4.74 Å². The third kappa shape index (κ3) is 5.52. The van der Waals surface area contributed by atoms with Crippen molar-refractivity contribution in [3.63, 3.8) is 0 Å². The average Bonchev–Trinajstić information content (AvgIpc) is 2.70. The van der Waals surface area contributed by atoms with Gasteiger partial charge in [0.1, 0.15) is 12.4 Å². The molecule has 3 rings (SSSR count). The summed E-state index contributed by atoms with van der Waals surface area (Å²) in [6.07, 6.45) is -3.41. The molecule has 1 heterocycles. The van der Waals surface area contributed by atoms with E-state index in [-0.39, 0.29) is 36.5 Å². The third-order valence-electron chi connectivity index (χ3n) is 4.92. The van der Waals surface area contributed by atoms with Gasteiger partial charge in [-0.15, -0.1) is 0 Å². The molecule has 2 N–H and O–H groups in total. The Kier molecular flexibility index (Phi) is 6.64. The molecule has 1 aliphatic heterocycles. The van der Waals surface area contributed by atoms with Crippen LogP contribution >= 0.6 is 0 Å². The first-order chi connectivity index (χ1) is 14.2. The molecular formula is C22H23F3N2O3. The van der Waals surface area contributed by atoms with Crippen LogP contribution < -0.4 is 15.4 Å². The van der Waals surface area contributed by atoms with Crippen LogP contribution in [0.1, 0.15) is 30.9 Å². The molecule has 2 aromatic carbocycles. The standard InChI is InChI=1S/C22H23F3N2O3/c1-14(13-30-19-9-5-3-7-17(19)22(23,24)25)26-20(28)11-10-16-12-15-6-2-4-8-18(15)27-21(16)29/h2-9,14,16H,10-13H2,1H3,(H,26,28)(H,27,29). The fraction of sp³-hybridized carbons (Fsp3) is 0.364. The van der Waals surface area contributed by atoms with Gasteiger partial charge in [0.15, 0.2) is 0 Å². The molecule has 2 atom stereocenters. The first kappa shape index (κ1) is 21.7. The highest BCUT2D eigenvalue weighted by Gasteiger charge is 2.34. The normalized spacial score (nSPS) is 16.9. The van der Waals surface area contributed by atoms with Crippen molar-refractivity contribution in [3.05, 3.63) is 59.7 Å². The lowest BCUT2D eigenvalue weighted by molar-refractivity contribution is -0.139. The second kappa shape index (κ2) is 9.19. The Bertz CT molecular complexity index is 914. The molecule has 2 unspecified atom stereocenters. The van der Waals surface area contributed by atoms with Crippen LogP contribution in [0.25, 0.3) is 0 Å². The van der Waals surface area contributed by atoms with Crippen LogP contribution in [0.15, 0.2) is 48.5 Å². The SMILES string of the molecule is CC(COc1ccccc1C(F)(F)F)NC(=O)CCC1Cc2ccccc2NC1=O. The number of hydrogen-bond acceptors (Lipinski definition) is 3. The van der Waals surface area contributed by atoms with Crippen LogP contribution in [0, 0.1) is 5.92 Å². The molecule has 30 heavy (non-hydrogen) atoms. The Morgan fingerprint density at radius 2 is 1.90 bits per heavy atom. The Morgan fingerprint density at radius 3 is 2.67 bits per heavy atom. The lowest BCUT2D eigenvalue weighted by Crippen LogP contribution is -2.38. The van der Waals surface area contributed by atoms with E-state index in [9.17, 15) is 22.8 Å². The minimum absolute atomic E-state index is 0.101. The Morgan fingerprint density at radius 1 is 1.20 bits per heavy atom. The number of nitrogens with one attached hydrogen (secondary N) is 2. The van der Waals surface area contributed by atoms with Gasteiger partial charge in [0.2, 0.25) is 11.8 Å². The van der Waals surface area contributed by atoms with Crippen LogP contribution in [-0.4, -0.2) is 24.5 Å². The number of halogens is 3. The summed E-state index contributed by atoms with van der Waals surface area (Å²) in [6, 6.07) is 12.0. The molecule has 0 bridgehead atoms. The zero-order valence-electron chi connectivity index (χ0n) is 16.5. The Labute approximate surface area is 172 Å². The topological polar surface area (TPSA) is 67.4 Å². The van der Waals surface area contributed by atoms with Crippen LogP contribution in [0.5, 0.6) is 5.75 Å². The van der Waals surface area contributed by atoms with Gasteiger partial charge in [0.25, 0.3) is 0 Å². The number of alkyl halides is 3. The van der Waals surface area contributed by atoms with E-state index in [0.717, 1.165) is 17.3 Å². The zero-order chi connectivity index (χ0) is 21.7. The highest BCUT2D eigenvalue weighted by molar-refractivity contribution is 5.96. The van der Waals surface area contributed by atoms with E-state index in [1.807, 2.05) is 24.3 Å². The quantitative estimate of drug-likeness (QED) is 0.706. The first-order valence-electron chi connectivity index (χ1n) is 9.71. The van der Waals surface area contributed by atoms with E-state index < -0.39 is 17.8 Å². The summed E-state index contributed by atoms with van der Waals surface area (Å²) in [6.45, 7) is 1.55. The van der Waals surface area contributed by atoms with E-state index >= 15 is 0 Å². The van der Waals surface area contributed by atoms with Crippen molar-refractivity contribution >= 4 is 17.5 Å². The predicted molar refractivity (Wildman–Crippen MR) is 106 cm³/mol. The summed E-state index contributed by atoms with van der Waals surface area (Å²) in [7, 11) is 0. The predicted octanol–water partition coefficient (Wildman–Crippen LogP) is 4.18. The number of hydrogen-bond donors (Lipinski definition) is 2. The maximum absolute atomic E-state index is 13.0. The van der Waals surface area contributed by atoms with Gasteiger partial charge < -0.3 is 15.4 Å². The van der Waals surface area contributed by atoms with Gasteiger partial charge in [-0.3, -0.25) is 9.59 Å². The summed E-state index contributed by atoms with van der Waals surface area (Å²) in [5.41, 5.74) is 0.979. The van der Waals surface area contributed by atoms with E-state index in [0.29, 0.717) is 12.8 Å². The number of carbonyl (C=O) groups excluding carboxylic acids is 2. The molecule has 0 fully saturated rings. The molecule has 5 nitrogen and oxygen atoms in total. The van der Waals surface area contributed by atoms with E-state index in [1.54, 1.807) is 6.92 Å². The largest absolute Gasteiger partial charge is 0.491 e. The molecule has 160 valence electrons. The van der Waals surface area contributed by atoms with Gasteiger partial charge in [0, 0.05) is 18.0 Å². The number of para-hydroxylation sites is 2. The van der Waals surface area contributed by atoms with Gasteiger partial charge in [0.05, 0.1) is 11.6 Å². The minimum Gasteiger partial charge on any atom is -0.491 e. The molecule has 2 aromatic rings. The van der Waals surface area contributed by atoms with Crippen LogP contribution in [0.3, 0.4) is 0 Å². The molecule has 0 spiro atoms. The number of rotatable bonds is 7. The second-order valence-corrected chi connectivity index (χ2v) is 7.36. The van der Waals surface area contributed by atoms with Crippen LogP contribution in [-0.2, 0) is 22.2 Å². The van der Waals surface area contributed by atoms with Crippen molar-refractivity contribution < 1.29 is 27.5 Å². The minimum atomic E-state index is -4.51. The number of carbonyl (C=O) groups is 2. The number of anilines is 1. The first-order valence-corrected chi connectivity index (χ1v) is 9.71. The van der Waals surface area contributed by atoms with Crippen molar-refractivity contribution in [2.24, 2.45) is 5.92 Å². The monoisotopic (exact) mass is 420 g/mol. The average molecular weight is 420 g/mol. The number of fused-ring (bicyclic) bond motifs is 1. The lowest BCUT2D eigenvalue weighted by atomic mass is 9.89. The fourth-order valence-electron chi connectivity index (χ4n) is 3.38. The van der Waals surface area contributed by atoms with Gasteiger partial charge in [-0.1, -0.05) is 30.3 Å². The molecule has 0 saturated carbocycles. The third-order valence-corrected chi connectivity index (χ3v) is 4.92. The summed E-state index contributed by atoms with van der Waals surface area (Å²) < 4.78 is 44.3. The summed E-state index contributed by atoms with van der Waals surface area (Å²) in [5.74, 6) is -0.956. The Hall–Kier alpha value is -3.03. The number of amides is 2.